The topological polar surface area (TPSA) is 24.7 Å². The second kappa shape index (κ2) is 4.24. The van der Waals surface area contributed by atoms with Crippen molar-refractivity contribution in [3.8, 4) is 0 Å². The maximum atomic E-state index is 4.13. The van der Waals surface area contributed by atoms with Crippen LogP contribution >= 0.6 is 0 Å². The molecule has 0 rings (SSSR count). The minimum absolute atomic E-state index is 0.405. The smallest absolute Gasteiger partial charge is 0.125 e. The standard InChI is InChI=1S/C7H14N2/c1-5-9-7(8-4)6(2)3/h6H,4-5H2,1-3H3/b9-7-. The van der Waals surface area contributed by atoms with Crippen molar-refractivity contribution >= 4 is 12.6 Å². The first kappa shape index (κ1) is 8.34. The second-order valence-corrected chi connectivity index (χ2v) is 2.15. The summed E-state index contributed by atoms with van der Waals surface area (Å²) in [6.07, 6.45) is 0. The number of aliphatic imine (C=N–C) groups is 2. The van der Waals surface area contributed by atoms with Crippen molar-refractivity contribution < 1.29 is 0 Å². The summed E-state index contributed by atoms with van der Waals surface area (Å²) >= 11 is 0. The molecule has 0 heterocycles. The van der Waals surface area contributed by atoms with Crippen molar-refractivity contribution in [2.45, 2.75) is 20.8 Å². The average molecular weight is 126 g/mol. The molecular weight excluding hydrogens is 112 g/mol. The molecule has 9 heavy (non-hydrogen) atoms. The van der Waals surface area contributed by atoms with Gasteiger partial charge in [-0.3, -0.25) is 4.99 Å². The number of hydrogen-bond donors (Lipinski definition) is 0. The van der Waals surface area contributed by atoms with Crippen LogP contribution in [0.2, 0.25) is 0 Å². The molecule has 0 N–H and O–H groups in total. The zero-order valence-electron chi connectivity index (χ0n) is 6.39. The minimum atomic E-state index is 0.405. The molecule has 0 spiro atoms. The Morgan fingerprint density at radius 1 is 1.56 bits per heavy atom. The Morgan fingerprint density at radius 2 is 2.11 bits per heavy atom. The van der Waals surface area contributed by atoms with Gasteiger partial charge in [0.05, 0.1) is 0 Å². The fraction of sp³-hybridized carbons (Fsp3) is 0.714. The van der Waals surface area contributed by atoms with E-state index in [0.29, 0.717) is 5.92 Å². The fourth-order valence-corrected chi connectivity index (χ4v) is 0.577. The summed E-state index contributed by atoms with van der Waals surface area (Å²) < 4.78 is 0. The lowest BCUT2D eigenvalue weighted by Crippen LogP contribution is -2.03. The van der Waals surface area contributed by atoms with E-state index in [2.05, 4.69) is 30.5 Å². The summed E-state index contributed by atoms with van der Waals surface area (Å²) in [6.45, 7) is 10.3. The van der Waals surface area contributed by atoms with Crippen LogP contribution in [0.4, 0.5) is 0 Å². The predicted octanol–water partition coefficient (Wildman–Crippen LogP) is 1.76. The van der Waals surface area contributed by atoms with Gasteiger partial charge in [0.2, 0.25) is 0 Å². The van der Waals surface area contributed by atoms with Crippen molar-refractivity contribution in [1.29, 1.82) is 0 Å². The molecule has 0 saturated carbocycles. The van der Waals surface area contributed by atoms with Crippen molar-refractivity contribution in [2.24, 2.45) is 15.9 Å². The molecule has 0 aliphatic carbocycles. The van der Waals surface area contributed by atoms with Gasteiger partial charge in [-0.05, 0) is 13.6 Å². The lowest BCUT2D eigenvalue weighted by molar-refractivity contribution is 0.861. The Labute approximate surface area is 56.7 Å². The van der Waals surface area contributed by atoms with Crippen LogP contribution in [0.5, 0.6) is 0 Å². The Balaban J connectivity index is 3.97. The molecule has 2 heteroatoms. The summed E-state index contributed by atoms with van der Waals surface area (Å²) in [6, 6.07) is 0. The zero-order valence-corrected chi connectivity index (χ0v) is 6.39. The molecule has 0 atom stereocenters. The first-order valence-corrected chi connectivity index (χ1v) is 3.23. The van der Waals surface area contributed by atoms with E-state index in [9.17, 15) is 0 Å². The molecule has 0 radical (unpaired) electrons. The number of nitrogens with zero attached hydrogens (tertiary/aromatic N) is 2. The van der Waals surface area contributed by atoms with Gasteiger partial charge in [-0.1, -0.05) is 13.8 Å². The Morgan fingerprint density at radius 3 is 2.22 bits per heavy atom. The average Bonchev–Trinajstić information content (AvgIpc) is 1.82. The van der Waals surface area contributed by atoms with Gasteiger partial charge >= 0.3 is 0 Å². The van der Waals surface area contributed by atoms with Crippen molar-refractivity contribution in [3.63, 3.8) is 0 Å². The van der Waals surface area contributed by atoms with Crippen LogP contribution in [-0.4, -0.2) is 19.1 Å². The highest BCUT2D eigenvalue weighted by Gasteiger charge is 1.98. The van der Waals surface area contributed by atoms with Gasteiger partial charge in [0, 0.05) is 12.5 Å². The Kier molecular flexibility index (Phi) is 3.93. The second-order valence-electron chi connectivity index (χ2n) is 2.15. The molecular formula is C7H14N2. The highest BCUT2D eigenvalue weighted by atomic mass is 14.9. The lowest BCUT2D eigenvalue weighted by atomic mass is 10.2. The van der Waals surface area contributed by atoms with Crippen LogP contribution in [0.3, 0.4) is 0 Å². The van der Waals surface area contributed by atoms with Gasteiger partial charge < -0.3 is 0 Å². The van der Waals surface area contributed by atoms with Gasteiger partial charge in [0.15, 0.2) is 0 Å². The summed E-state index contributed by atoms with van der Waals surface area (Å²) in [5, 5.41) is 0. The molecule has 52 valence electrons. The van der Waals surface area contributed by atoms with E-state index in [1.807, 2.05) is 6.92 Å². The summed E-state index contributed by atoms with van der Waals surface area (Å²) in [5.41, 5.74) is 0. The van der Waals surface area contributed by atoms with Gasteiger partial charge in [-0.15, -0.1) is 0 Å². The largest absolute Gasteiger partial charge is 0.271 e. The van der Waals surface area contributed by atoms with Gasteiger partial charge in [-0.25, -0.2) is 4.99 Å². The van der Waals surface area contributed by atoms with Crippen molar-refractivity contribution in [2.75, 3.05) is 6.54 Å². The van der Waals surface area contributed by atoms with E-state index in [1.54, 1.807) is 0 Å². The van der Waals surface area contributed by atoms with Crippen LogP contribution in [-0.2, 0) is 0 Å². The van der Waals surface area contributed by atoms with E-state index >= 15 is 0 Å². The van der Waals surface area contributed by atoms with Crippen LogP contribution < -0.4 is 0 Å². The van der Waals surface area contributed by atoms with Crippen molar-refractivity contribution in [3.05, 3.63) is 0 Å². The molecule has 0 aliphatic rings. The maximum absolute atomic E-state index is 4.13. The molecule has 0 unspecified atom stereocenters. The van der Waals surface area contributed by atoms with Crippen molar-refractivity contribution in [1.82, 2.24) is 0 Å². The van der Waals surface area contributed by atoms with Crippen LogP contribution in [0.1, 0.15) is 20.8 Å². The SMILES string of the molecule is C=N/C(=N\CC)C(C)C. The fourth-order valence-electron chi connectivity index (χ4n) is 0.577. The number of hydrogen-bond acceptors (Lipinski definition) is 1. The summed E-state index contributed by atoms with van der Waals surface area (Å²) in [5.74, 6) is 1.26. The molecule has 0 fully saturated rings. The molecule has 0 saturated heterocycles. The molecule has 0 amide bonds. The first-order chi connectivity index (χ1) is 4.22. The molecule has 0 aliphatic heterocycles. The normalized spacial score (nSPS) is 12.2. The molecule has 0 aromatic rings. The summed E-state index contributed by atoms with van der Waals surface area (Å²) in [7, 11) is 0. The van der Waals surface area contributed by atoms with Gasteiger partial charge in [0.1, 0.15) is 5.84 Å². The van der Waals surface area contributed by atoms with Crippen LogP contribution in [0.25, 0.3) is 0 Å². The monoisotopic (exact) mass is 126 g/mol. The lowest BCUT2D eigenvalue weighted by Gasteiger charge is -2.01. The minimum Gasteiger partial charge on any atom is -0.271 e. The van der Waals surface area contributed by atoms with E-state index in [4.69, 9.17) is 0 Å². The molecule has 2 nitrogen and oxygen atoms in total. The third-order valence-electron chi connectivity index (χ3n) is 0.999. The molecule has 0 aromatic heterocycles. The van der Waals surface area contributed by atoms with Crippen LogP contribution in [0.15, 0.2) is 9.98 Å². The summed E-state index contributed by atoms with van der Waals surface area (Å²) in [4.78, 5) is 7.91. The highest BCUT2D eigenvalue weighted by Crippen LogP contribution is 1.96. The third-order valence-corrected chi connectivity index (χ3v) is 0.999. The Bertz CT molecular complexity index is 114. The molecule has 0 aromatic carbocycles. The van der Waals surface area contributed by atoms with E-state index in [1.165, 1.54) is 0 Å². The van der Waals surface area contributed by atoms with E-state index < -0.39 is 0 Å². The predicted molar refractivity (Wildman–Crippen MR) is 42.4 cm³/mol. The molecule has 0 bridgehead atoms. The third kappa shape index (κ3) is 3.01. The quantitative estimate of drug-likeness (QED) is 0.398. The van der Waals surface area contributed by atoms with Gasteiger partial charge in [0.25, 0.3) is 0 Å². The Hall–Kier alpha value is -0.660. The number of rotatable bonds is 2. The van der Waals surface area contributed by atoms with Crippen LogP contribution in [0, 0.1) is 5.92 Å². The maximum Gasteiger partial charge on any atom is 0.125 e. The van der Waals surface area contributed by atoms with E-state index in [0.717, 1.165) is 12.4 Å². The zero-order chi connectivity index (χ0) is 7.28. The highest BCUT2D eigenvalue weighted by molar-refractivity contribution is 5.87. The van der Waals surface area contributed by atoms with E-state index in [-0.39, 0.29) is 0 Å². The number of amidine groups is 1. The first-order valence-electron chi connectivity index (χ1n) is 3.23. The van der Waals surface area contributed by atoms with Gasteiger partial charge in [-0.2, -0.15) is 0 Å².